The van der Waals surface area contributed by atoms with Crippen molar-refractivity contribution in [2.75, 3.05) is 39.6 Å². The number of likely N-dealkylation sites (tertiary alicyclic amines) is 1. The minimum atomic E-state index is -3.28. The van der Waals surface area contributed by atoms with E-state index in [4.69, 9.17) is 9.47 Å². The van der Waals surface area contributed by atoms with Gasteiger partial charge in [0.2, 0.25) is 10.0 Å². The van der Waals surface area contributed by atoms with Crippen molar-refractivity contribution in [3.05, 3.63) is 29.3 Å². The van der Waals surface area contributed by atoms with E-state index in [0.717, 1.165) is 11.3 Å². The SMILES string of the molecule is COc1ccc(C(=O)N2CC[C@@H]3[C@@H](CC2)OCCN3S(C)(=O)=O)c(C)c1. The van der Waals surface area contributed by atoms with Crippen LogP contribution in [0.2, 0.25) is 0 Å². The summed E-state index contributed by atoms with van der Waals surface area (Å²) in [5, 5.41) is 0. The molecule has 0 radical (unpaired) electrons. The summed E-state index contributed by atoms with van der Waals surface area (Å²) in [7, 11) is -1.68. The minimum absolute atomic E-state index is 0.0327. The van der Waals surface area contributed by atoms with Gasteiger partial charge in [0.15, 0.2) is 0 Å². The van der Waals surface area contributed by atoms with E-state index < -0.39 is 10.0 Å². The molecule has 144 valence electrons. The Bertz CT molecular complexity index is 780. The van der Waals surface area contributed by atoms with Gasteiger partial charge >= 0.3 is 0 Å². The third-order valence-corrected chi connectivity index (χ3v) is 6.50. The molecule has 0 saturated carbocycles. The molecule has 7 nitrogen and oxygen atoms in total. The lowest BCUT2D eigenvalue weighted by Gasteiger charge is -2.38. The second-order valence-electron chi connectivity index (χ2n) is 6.90. The van der Waals surface area contributed by atoms with Crippen molar-refractivity contribution < 1.29 is 22.7 Å². The van der Waals surface area contributed by atoms with Gasteiger partial charge in [0.25, 0.3) is 5.91 Å². The normalized spacial score (nSPS) is 24.7. The highest BCUT2D eigenvalue weighted by molar-refractivity contribution is 7.88. The smallest absolute Gasteiger partial charge is 0.254 e. The van der Waals surface area contributed by atoms with Crippen LogP contribution in [-0.4, -0.2) is 75.3 Å². The maximum atomic E-state index is 13.0. The fourth-order valence-electron chi connectivity index (χ4n) is 3.83. The highest BCUT2D eigenvalue weighted by atomic mass is 32.2. The molecule has 0 aliphatic carbocycles. The van der Waals surface area contributed by atoms with Crippen LogP contribution >= 0.6 is 0 Å². The van der Waals surface area contributed by atoms with Crippen molar-refractivity contribution in [3.8, 4) is 5.75 Å². The summed E-state index contributed by atoms with van der Waals surface area (Å²) in [6, 6.07) is 5.22. The summed E-state index contributed by atoms with van der Waals surface area (Å²) in [4.78, 5) is 14.8. The molecule has 2 aliphatic heterocycles. The number of rotatable bonds is 3. The first-order valence-corrected chi connectivity index (χ1v) is 10.7. The number of morpholine rings is 1. The van der Waals surface area contributed by atoms with Gasteiger partial charge in [0, 0.05) is 25.2 Å². The van der Waals surface area contributed by atoms with E-state index in [-0.39, 0.29) is 18.1 Å². The Morgan fingerprint density at radius 1 is 1.23 bits per heavy atom. The van der Waals surface area contributed by atoms with E-state index >= 15 is 0 Å². The van der Waals surface area contributed by atoms with E-state index in [1.165, 1.54) is 10.6 Å². The first-order valence-electron chi connectivity index (χ1n) is 8.83. The average Bonchev–Trinajstić information content (AvgIpc) is 2.82. The minimum Gasteiger partial charge on any atom is -0.497 e. The third-order valence-electron chi connectivity index (χ3n) is 5.20. The van der Waals surface area contributed by atoms with Gasteiger partial charge < -0.3 is 14.4 Å². The number of benzene rings is 1. The van der Waals surface area contributed by atoms with Crippen LogP contribution in [0.5, 0.6) is 5.75 Å². The van der Waals surface area contributed by atoms with E-state index in [0.29, 0.717) is 44.6 Å². The number of methoxy groups -OCH3 is 1. The van der Waals surface area contributed by atoms with Gasteiger partial charge in [-0.15, -0.1) is 0 Å². The zero-order valence-corrected chi connectivity index (χ0v) is 16.3. The van der Waals surface area contributed by atoms with Crippen molar-refractivity contribution in [2.45, 2.75) is 31.9 Å². The van der Waals surface area contributed by atoms with Crippen LogP contribution in [0.25, 0.3) is 0 Å². The predicted octanol–water partition coefficient (Wildman–Crippen LogP) is 1.27. The molecular weight excluding hydrogens is 356 g/mol. The Kier molecular flexibility index (Phi) is 5.55. The molecule has 1 aromatic rings. The van der Waals surface area contributed by atoms with Gasteiger partial charge in [-0.2, -0.15) is 4.31 Å². The molecular formula is C18H26N2O5S. The molecule has 3 rings (SSSR count). The monoisotopic (exact) mass is 382 g/mol. The van der Waals surface area contributed by atoms with Crippen molar-refractivity contribution in [1.82, 2.24) is 9.21 Å². The van der Waals surface area contributed by atoms with Crippen molar-refractivity contribution in [1.29, 1.82) is 0 Å². The van der Waals surface area contributed by atoms with E-state index in [9.17, 15) is 13.2 Å². The van der Waals surface area contributed by atoms with Crippen LogP contribution in [0.4, 0.5) is 0 Å². The number of nitrogens with zero attached hydrogens (tertiary/aromatic N) is 2. The molecule has 1 amide bonds. The zero-order valence-electron chi connectivity index (χ0n) is 15.5. The summed E-state index contributed by atoms with van der Waals surface area (Å²) in [6.45, 7) is 3.75. The maximum Gasteiger partial charge on any atom is 0.254 e. The van der Waals surface area contributed by atoms with Crippen LogP contribution < -0.4 is 4.74 Å². The molecule has 2 fully saturated rings. The second kappa shape index (κ2) is 7.54. The van der Waals surface area contributed by atoms with Gasteiger partial charge in [0.1, 0.15) is 5.75 Å². The molecule has 2 aliphatic rings. The molecule has 0 spiro atoms. The molecule has 0 aromatic heterocycles. The number of sulfonamides is 1. The van der Waals surface area contributed by atoms with E-state index in [1.54, 1.807) is 24.1 Å². The van der Waals surface area contributed by atoms with Crippen LogP contribution in [0.1, 0.15) is 28.8 Å². The Morgan fingerprint density at radius 3 is 2.62 bits per heavy atom. The summed E-state index contributed by atoms with van der Waals surface area (Å²) in [5.41, 5.74) is 1.52. The number of amides is 1. The van der Waals surface area contributed by atoms with Gasteiger partial charge in [-0.1, -0.05) is 0 Å². The molecule has 2 saturated heterocycles. The number of carbonyl (C=O) groups excluding carboxylic acids is 1. The van der Waals surface area contributed by atoms with Gasteiger partial charge in [-0.05, 0) is 43.5 Å². The number of aryl methyl sites for hydroxylation is 1. The van der Waals surface area contributed by atoms with Crippen molar-refractivity contribution >= 4 is 15.9 Å². The highest BCUT2D eigenvalue weighted by Gasteiger charge is 2.39. The van der Waals surface area contributed by atoms with Crippen molar-refractivity contribution in [3.63, 3.8) is 0 Å². The topological polar surface area (TPSA) is 76.2 Å². The fraction of sp³-hybridized carbons (Fsp3) is 0.611. The molecule has 0 N–H and O–H groups in total. The standard InChI is InChI=1S/C18H26N2O5S/c1-13-12-14(24-2)4-5-15(13)18(21)19-8-6-16-17(7-9-19)25-11-10-20(16)26(3,22)23/h4-5,12,16-17H,6-11H2,1-3H3/t16-,17-/m1/s1. The molecule has 0 unspecified atom stereocenters. The van der Waals surface area contributed by atoms with Crippen LogP contribution in [0.15, 0.2) is 18.2 Å². The van der Waals surface area contributed by atoms with E-state index in [2.05, 4.69) is 0 Å². The second-order valence-corrected chi connectivity index (χ2v) is 8.84. The molecule has 2 atom stereocenters. The quantitative estimate of drug-likeness (QED) is 0.787. The Morgan fingerprint density at radius 2 is 1.96 bits per heavy atom. The average molecular weight is 382 g/mol. The van der Waals surface area contributed by atoms with Gasteiger partial charge in [-0.3, -0.25) is 4.79 Å². The first kappa shape index (κ1) is 19.1. The lowest BCUT2D eigenvalue weighted by atomic mass is 10.0. The first-order chi connectivity index (χ1) is 12.3. The van der Waals surface area contributed by atoms with Crippen LogP contribution in [0.3, 0.4) is 0 Å². The molecule has 26 heavy (non-hydrogen) atoms. The summed E-state index contributed by atoms with van der Waals surface area (Å²) >= 11 is 0. The Balaban J connectivity index is 1.77. The summed E-state index contributed by atoms with van der Waals surface area (Å²) in [5.74, 6) is 0.688. The van der Waals surface area contributed by atoms with Crippen LogP contribution in [0, 0.1) is 6.92 Å². The third kappa shape index (κ3) is 3.87. The lowest BCUT2D eigenvalue weighted by molar-refractivity contribution is -0.0406. The number of fused-ring (bicyclic) bond motifs is 1. The lowest BCUT2D eigenvalue weighted by Crippen LogP contribution is -2.53. The molecule has 0 bridgehead atoms. The maximum absolute atomic E-state index is 13.0. The van der Waals surface area contributed by atoms with Crippen LogP contribution in [-0.2, 0) is 14.8 Å². The fourth-order valence-corrected chi connectivity index (χ4v) is 4.97. The van der Waals surface area contributed by atoms with Gasteiger partial charge in [-0.25, -0.2) is 8.42 Å². The molecule has 2 heterocycles. The largest absolute Gasteiger partial charge is 0.497 e. The van der Waals surface area contributed by atoms with Crippen molar-refractivity contribution in [2.24, 2.45) is 0 Å². The highest BCUT2D eigenvalue weighted by Crippen LogP contribution is 2.27. The Hall–Kier alpha value is -1.64. The van der Waals surface area contributed by atoms with E-state index in [1.807, 2.05) is 13.0 Å². The number of hydrogen-bond donors (Lipinski definition) is 0. The number of hydrogen-bond acceptors (Lipinski definition) is 5. The number of carbonyl (C=O) groups is 1. The summed E-state index contributed by atoms with van der Waals surface area (Å²) < 4.78 is 36.7. The number of ether oxygens (including phenoxy) is 2. The summed E-state index contributed by atoms with van der Waals surface area (Å²) in [6.07, 6.45) is 2.30. The van der Waals surface area contributed by atoms with Gasteiger partial charge in [0.05, 0.1) is 32.1 Å². The Labute approximate surface area is 154 Å². The molecule has 1 aromatic carbocycles. The molecule has 8 heteroatoms. The predicted molar refractivity (Wildman–Crippen MR) is 97.9 cm³/mol. The zero-order chi connectivity index (χ0) is 18.9.